The van der Waals surface area contributed by atoms with Crippen molar-refractivity contribution in [1.29, 1.82) is 0 Å². The summed E-state index contributed by atoms with van der Waals surface area (Å²) in [5, 5.41) is 3.01. The van der Waals surface area contributed by atoms with Gasteiger partial charge in [0.1, 0.15) is 0 Å². The molecule has 5 heteroatoms. The van der Waals surface area contributed by atoms with E-state index in [0.29, 0.717) is 26.2 Å². The van der Waals surface area contributed by atoms with Gasteiger partial charge in [0.25, 0.3) is 0 Å². The summed E-state index contributed by atoms with van der Waals surface area (Å²) in [5.74, 6) is 0.0118. The maximum atomic E-state index is 12.4. The maximum Gasteiger partial charge on any atom is 0.234 e. The number of rotatable bonds is 9. The molecule has 0 atom stereocenters. The predicted molar refractivity (Wildman–Crippen MR) is 106 cm³/mol. The monoisotopic (exact) mass is 360 g/mol. The molecule has 1 aromatic carbocycles. The van der Waals surface area contributed by atoms with Gasteiger partial charge in [-0.2, -0.15) is 0 Å². The zero-order valence-corrected chi connectivity index (χ0v) is 15.3. The Hall–Kier alpha value is -3.05. The zero-order valence-electron chi connectivity index (χ0n) is 15.3. The molecule has 0 saturated heterocycles. The maximum absolute atomic E-state index is 12.4. The molecule has 2 heterocycles. The summed E-state index contributed by atoms with van der Waals surface area (Å²) in [6, 6.07) is 21.8. The van der Waals surface area contributed by atoms with Crippen molar-refractivity contribution in [3.8, 4) is 0 Å². The van der Waals surface area contributed by atoms with E-state index in [9.17, 15) is 4.79 Å². The van der Waals surface area contributed by atoms with Crippen LogP contribution in [-0.4, -0.2) is 33.9 Å². The smallest absolute Gasteiger partial charge is 0.234 e. The second kappa shape index (κ2) is 10.2. The molecule has 0 radical (unpaired) electrons. The van der Waals surface area contributed by atoms with Gasteiger partial charge >= 0.3 is 0 Å². The minimum absolute atomic E-state index is 0.0118. The van der Waals surface area contributed by atoms with E-state index in [-0.39, 0.29) is 5.91 Å². The van der Waals surface area contributed by atoms with E-state index in [1.165, 1.54) is 5.56 Å². The molecule has 0 aliphatic rings. The quantitative estimate of drug-likeness (QED) is 0.637. The van der Waals surface area contributed by atoms with Crippen LogP contribution in [0.2, 0.25) is 0 Å². The highest BCUT2D eigenvalue weighted by molar-refractivity contribution is 5.78. The molecule has 1 amide bonds. The number of carbonyl (C=O) groups is 1. The minimum Gasteiger partial charge on any atom is -0.355 e. The minimum atomic E-state index is 0.0118. The molecule has 0 aliphatic carbocycles. The largest absolute Gasteiger partial charge is 0.355 e. The van der Waals surface area contributed by atoms with Gasteiger partial charge < -0.3 is 5.32 Å². The normalized spacial score (nSPS) is 10.7. The number of amides is 1. The van der Waals surface area contributed by atoms with Crippen LogP contribution in [0, 0.1) is 0 Å². The molecule has 0 spiro atoms. The van der Waals surface area contributed by atoms with Crippen LogP contribution in [0.1, 0.15) is 17.0 Å². The van der Waals surface area contributed by atoms with Crippen molar-refractivity contribution >= 4 is 5.91 Å². The van der Waals surface area contributed by atoms with Gasteiger partial charge in [0, 0.05) is 32.0 Å². The Morgan fingerprint density at radius 3 is 1.96 bits per heavy atom. The standard InChI is InChI=1S/C22H24N4O/c27-22(25-15-12-19-8-2-1-3-9-19)18-26(16-20-10-4-6-13-23-20)17-21-11-5-7-14-24-21/h1-11,13-14H,12,15-18H2,(H,25,27). The molecular formula is C22H24N4O. The van der Waals surface area contributed by atoms with E-state index >= 15 is 0 Å². The molecule has 27 heavy (non-hydrogen) atoms. The average molecular weight is 360 g/mol. The molecule has 0 aliphatic heterocycles. The van der Waals surface area contributed by atoms with Crippen LogP contribution >= 0.6 is 0 Å². The number of nitrogens with one attached hydrogen (secondary N) is 1. The Morgan fingerprint density at radius 1 is 0.815 bits per heavy atom. The van der Waals surface area contributed by atoms with Crippen molar-refractivity contribution in [3.63, 3.8) is 0 Å². The number of carbonyl (C=O) groups excluding carboxylic acids is 1. The van der Waals surface area contributed by atoms with Crippen LogP contribution in [0.4, 0.5) is 0 Å². The molecule has 5 nitrogen and oxygen atoms in total. The zero-order chi connectivity index (χ0) is 18.7. The molecular weight excluding hydrogens is 336 g/mol. The van der Waals surface area contributed by atoms with E-state index < -0.39 is 0 Å². The molecule has 3 aromatic rings. The van der Waals surface area contributed by atoms with E-state index in [1.807, 2.05) is 54.6 Å². The third-order valence-electron chi connectivity index (χ3n) is 4.17. The number of aromatic nitrogens is 2. The summed E-state index contributed by atoms with van der Waals surface area (Å²) in [5.41, 5.74) is 3.09. The highest BCUT2D eigenvalue weighted by Gasteiger charge is 2.13. The lowest BCUT2D eigenvalue weighted by Gasteiger charge is -2.21. The lowest BCUT2D eigenvalue weighted by molar-refractivity contribution is -0.122. The highest BCUT2D eigenvalue weighted by atomic mass is 16.2. The first-order valence-corrected chi connectivity index (χ1v) is 9.12. The average Bonchev–Trinajstić information content (AvgIpc) is 2.70. The number of hydrogen-bond acceptors (Lipinski definition) is 4. The number of pyridine rings is 2. The van der Waals surface area contributed by atoms with Crippen molar-refractivity contribution in [2.24, 2.45) is 0 Å². The van der Waals surface area contributed by atoms with E-state index in [1.54, 1.807) is 12.4 Å². The first-order valence-electron chi connectivity index (χ1n) is 9.12. The second-order valence-electron chi connectivity index (χ2n) is 6.37. The van der Waals surface area contributed by atoms with E-state index in [4.69, 9.17) is 0 Å². The second-order valence-corrected chi connectivity index (χ2v) is 6.37. The Bertz CT molecular complexity index is 768. The molecule has 138 valence electrons. The van der Waals surface area contributed by atoms with Crippen molar-refractivity contribution in [3.05, 3.63) is 96.1 Å². The van der Waals surface area contributed by atoms with Gasteiger partial charge in [-0.15, -0.1) is 0 Å². The molecule has 0 bridgehead atoms. The molecule has 0 unspecified atom stereocenters. The summed E-state index contributed by atoms with van der Waals surface area (Å²) >= 11 is 0. The third kappa shape index (κ3) is 6.64. The molecule has 0 fully saturated rings. The van der Waals surface area contributed by atoms with Crippen LogP contribution in [0.25, 0.3) is 0 Å². The van der Waals surface area contributed by atoms with Crippen molar-refractivity contribution in [1.82, 2.24) is 20.2 Å². The van der Waals surface area contributed by atoms with Crippen molar-refractivity contribution in [2.75, 3.05) is 13.1 Å². The number of benzene rings is 1. The lowest BCUT2D eigenvalue weighted by Crippen LogP contribution is -2.37. The van der Waals surface area contributed by atoms with Gasteiger partial charge in [0.05, 0.1) is 17.9 Å². The molecule has 0 saturated carbocycles. The Balaban J connectivity index is 1.55. The lowest BCUT2D eigenvalue weighted by atomic mass is 10.1. The van der Waals surface area contributed by atoms with E-state index in [2.05, 4.69) is 32.3 Å². The van der Waals surface area contributed by atoms with Gasteiger partial charge in [-0.3, -0.25) is 19.7 Å². The van der Waals surface area contributed by atoms with Crippen LogP contribution in [0.3, 0.4) is 0 Å². The van der Waals surface area contributed by atoms with Gasteiger partial charge in [0.2, 0.25) is 5.91 Å². The summed E-state index contributed by atoms with van der Waals surface area (Å²) in [6.07, 6.45) is 4.37. The molecule has 2 aromatic heterocycles. The van der Waals surface area contributed by atoms with Gasteiger partial charge in [-0.05, 0) is 36.2 Å². The first-order chi connectivity index (χ1) is 13.3. The van der Waals surface area contributed by atoms with Crippen LogP contribution < -0.4 is 5.32 Å². The van der Waals surface area contributed by atoms with Gasteiger partial charge in [-0.1, -0.05) is 42.5 Å². The highest BCUT2D eigenvalue weighted by Crippen LogP contribution is 2.06. The predicted octanol–water partition coefficient (Wildman–Crippen LogP) is 2.84. The summed E-state index contributed by atoms with van der Waals surface area (Å²) < 4.78 is 0. The topological polar surface area (TPSA) is 58.1 Å². The van der Waals surface area contributed by atoms with Crippen molar-refractivity contribution in [2.45, 2.75) is 19.5 Å². The van der Waals surface area contributed by atoms with Crippen LogP contribution in [0.15, 0.2) is 79.1 Å². The Kier molecular flexibility index (Phi) is 7.07. The van der Waals surface area contributed by atoms with E-state index in [0.717, 1.165) is 17.8 Å². The fourth-order valence-corrected chi connectivity index (χ4v) is 2.86. The fraction of sp³-hybridized carbons (Fsp3) is 0.227. The Labute approximate surface area is 160 Å². The number of hydrogen-bond donors (Lipinski definition) is 1. The Morgan fingerprint density at radius 2 is 1.41 bits per heavy atom. The van der Waals surface area contributed by atoms with Crippen LogP contribution in [0.5, 0.6) is 0 Å². The van der Waals surface area contributed by atoms with Gasteiger partial charge in [0.15, 0.2) is 0 Å². The third-order valence-corrected chi connectivity index (χ3v) is 4.17. The van der Waals surface area contributed by atoms with Crippen LogP contribution in [-0.2, 0) is 24.3 Å². The summed E-state index contributed by atoms with van der Waals surface area (Å²) in [6.45, 7) is 2.14. The molecule has 1 N–H and O–H groups in total. The van der Waals surface area contributed by atoms with Crippen molar-refractivity contribution < 1.29 is 4.79 Å². The summed E-state index contributed by atoms with van der Waals surface area (Å²) in [7, 11) is 0. The fourth-order valence-electron chi connectivity index (χ4n) is 2.86. The first kappa shape index (κ1) is 18.7. The molecule has 3 rings (SSSR count). The van der Waals surface area contributed by atoms with Gasteiger partial charge in [-0.25, -0.2) is 0 Å². The summed E-state index contributed by atoms with van der Waals surface area (Å²) in [4.78, 5) is 23.2. The number of nitrogens with zero attached hydrogens (tertiary/aromatic N) is 3. The SMILES string of the molecule is O=C(CN(Cc1ccccn1)Cc1ccccn1)NCCc1ccccc1.